The number of ether oxygens (including phenoxy) is 1. The molecule has 4 nitrogen and oxygen atoms in total. The molecule has 1 atom stereocenters. The van der Waals surface area contributed by atoms with Gasteiger partial charge in [-0.1, -0.05) is 6.92 Å². The average molecular weight is 300 g/mol. The summed E-state index contributed by atoms with van der Waals surface area (Å²) in [5.74, 6) is 2.08. The Kier molecular flexibility index (Phi) is 5.24. The molecular formula is C18H24N2O2. The van der Waals surface area contributed by atoms with Crippen molar-refractivity contribution < 1.29 is 9.15 Å². The van der Waals surface area contributed by atoms with Crippen LogP contribution in [0.25, 0.3) is 0 Å². The fourth-order valence-corrected chi connectivity index (χ4v) is 2.93. The lowest BCUT2D eigenvalue weighted by atomic mass is 10.2. The van der Waals surface area contributed by atoms with Gasteiger partial charge in [0.1, 0.15) is 11.5 Å². The molecule has 1 saturated heterocycles. The van der Waals surface area contributed by atoms with Crippen molar-refractivity contribution in [3.8, 4) is 0 Å². The highest BCUT2D eigenvalue weighted by atomic mass is 16.5. The quantitative estimate of drug-likeness (QED) is 0.785. The number of furan rings is 1. The van der Waals surface area contributed by atoms with E-state index in [-0.39, 0.29) is 0 Å². The maximum absolute atomic E-state index is 5.87. The Hall–Kier alpha value is -1.65. The molecule has 0 aromatic carbocycles. The second-order valence-electron chi connectivity index (χ2n) is 5.88. The van der Waals surface area contributed by atoms with Gasteiger partial charge in [0.25, 0.3) is 0 Å². The maximum atomic E-state index is 5.87. The van der Waals surface area contributed by atoms with E-state index in [0.717, 1.165) is 50.6 Å². The number of hydrogen-bond donors (Lipinski definition) is 0. The Morgan fingerprint density at radius 1 is 1.14 bits per heavy atom. The number of aromatic nitrogens is 1. The summed E-state index contributed by atoms with van der Waals surface area (Å²) >= 11 is 0. The molecule has 2 aromatic heterocycles. The topological polar surface area (TPSA) is 38.5 Å². The molecule has 0 bridgehead atoms. The van der Waals surface area contributed by atoms with E-state index in [9.17, 15) is 0 Å². The number of rotatable bonds is 7. The van der Waals surface area contributed by atoms with Crippen LogP contribution in [-0.4, -0.2) is 29.1 Å². The van der Waals surface area contributed by atoms with Gasteiger partial charge in [0.2, 0.25) is 0 Å². The minimum atomic E-state index is 0.349. The predicted octanol–water partition coefficient (Wildman–Crippen LogP) is 3.42. The standard InChI is InChI=1S/C18H24N2O2/c1-2-16-5-6-18(22-16)14-20(13-17-4-3-11-21-17)12-15-7-9-19-10-8-15/h5-10,17H,2-4,11-14H2,1H3/t17-/m0/s1. The first-order chi connectivity index (χ1) is 10.8. The van der Waals surface area contributed by atoms with E-state index in [2.05, 4.69) is 41.1 Å². The van der Waals surface area contributed by atoms with Gasteiger partial charge in [0.15, 0.2) is 0 Å². The maximum Gasteiger partial charge on any atom is 0.118 e. The summed E-state index contributed by atoms with van der Waals surface area (Å²) in [6.45, 7) is 5.68. The van der Waals surface area contributed by atoms with Crippen molar-refractivity contribution in [2.45, 2.75) is 45.4 Å². The number of aryl methyl sites for hydroxylation is 1. The zero-order valence-corrected chi connectivity index (χ0v) is 13.2. The van der Waals surface area contributed by atoms with Crippen LogP contribution in [0.5, 0.6) is 0 Å². The molecule has 3 heterocycles. The van der Waals surface area contributed by atoms with E-state index >= 15 is 0 Å². The Balaban J connectivity index is 1.67. The SMILES string of the molecule is CCc1ccc(CN(Cc2ccncc2)C[C@@H]2CCCO2)o1. The average Bonchev–Trinajstić information content (AvgIpc) is 3.20. The normalized spacial score (nSPS) is 18.2. The van der Waals surface area contributed by atoms with Gasteiger partial charge >= 0.3 is 0 Å². The zero-order valence-electron chi connectivity index (χ0n) is 13.2. The van der Waals surface area contributed by atoms with Gasteiger partial charge in [0.05, 0.1) is 12.6 Å². The zero-order chi connectivity index (χ0) is 15.2. The molecule has 0 spiro atoms. The lowest BCUT2D eigenvalue weighted by molar-refractivity contribution is 0.0653. The lowest BCUT2D eigenvalue weighted by Crippen LogP contribution is -2.31. The van der Waals surface area contributed by atoms with Gasteiger partial charge in [-0.15, -0.1) is 0 Å². The first-order valence-corrected chi connectivity index (χ1v) is 8.14. The molecule has 22 heavy (non-hydrogen) atoms. The van der Waals surface area contributed by atoms with Crippen LogP contribution in [0.1, 0.15) is 36.8 Å². The first-order valence-electron chi connectivity index (χ1n) is 8.14. The first kappa shape index (κ1) is 15.3. The molecule has 0 saturated carbocycles. The molecule has 0 N–H and O–H groups in total. The Bertz CT molecular complexity index is 561. The van der Waals surface area contributed by atoms with E-state index in [4.69, 9.17) is 9.15 Å². The third-order valence-electron chi connectivity index (χ3n) is 4.09. The molecule has 1 aliphatic heterocycles. The number of pyridine rings is 1. The molecule has 0 unspecified atom stereocenters. The second-order valence-corrected chi connectivity index (χ2v) is 5.88. The van der Waals surface area contributed by atoms with Gasteiger partial charge in [0, 0.05) is 38.5 Å². The van der Waals surface area contributed by atoms with Gasteiger partial charge in [-0.3, -0.25) is 9.88 Å². The Morgan fingerprint density at radius 2 is 1.95 bits per heavy atom. The molecule has 1 aliphatic rings. The number of nitrogens with zero attached hydrogens (tertiary/aromatic N) is 2. The van der Waals surface area contributed by atoms with Crippen LogP contribution >= 0.6 is 0 Å². The minimum absolute atomic E-state index is 0.349. The van der Waals surface area contributed by atoms with Crippen molar-refractivity contribution in [3.63, 3.8) is 0 Å². The van der Waals surface area contributed by atoms with Crippen molar-refractivity contribution in [2.75, 3.05) is 13.2 Å². The molecular weight excluding hydrogens is 276 g/mol. The van der Waals surface area contributed by atoms with E-state index in [1.807, 2.05) is 12.4 Å². The predicted molar refractivity (Wildman–Crippen MR) is 85.4 cm³/mol. The van der Waals surface area contributed by atoms with Crippen LogP contribution in [-0.2, 0) is 24.2 Å². The van der Waals surface area contributed by atoms with Crippen LogP contribution in [0.4, 0.5) is 0 Å². The monoisotopic (exact) mass is 300 g/mol. The smallest absolute Gasteiger partial charge is 0.118 e. The van der Waals surface area contributed by atoms with Gasteiger partial charge < -0.3 is 9.15 Å². The van der Waals surface area contributed by atoms with Gasteiger partial charge in [-0.05, 0) is 42.7 Å². The van der Waals surface area contributed by atoms with Crippen LogP contribution in [0.2, 0.25) is 0 Å². The Labute approximate surface area is 132 Å². The van der Waals surface area contributed by atoms with E-state index in [1.165, 1.54) is 12.0 Å². The molecule has 1 fully saturated rings. The van der Waals surface area contributed by atoms with Crippen LogP contribution in [0.15, 0.2) is 41.1 Å². The molecule has 4 heteroatoms. The second kappa shape index (κ2) is 7.56. The van der Waals surface area contributed by atoms with Gasteiger partial charge in [-0.25, -0.2) is 0 Å². The molecule has 2 aromatic rings. The minimum Gasteiger partial charge on any atom is -0.465 e. The van der Waals surface area contributed by atoms with Crippen LogP contribution in [0, 0.1) is 0 Å². The summed E-state index contributed by atoms with van der Waals surface area (Å²) in [4.78, 5) is 6.50. The van der Waals surface area contributed by atoms with Crippen LogP contribution < -0.4 is 0 Å². The lowest BCUT2D eigenvalue weighted by Gasteiger charge is -2.24. The van der Waals surface area contributed by atoms with Crippen molar-refractivity contribution >= 4 is 0 Å². The fourth-order valence-electron chi connectivity index (χ4n) is 2.93. The molecule has 3 rings (SSSR count). The Morgan fingerprint density at radius 3 is 2.64 bits per heavy atom. The van der Waals surface area contributed by atoms with E-state index in [0.29, 0.717) is 6.10 Å². The van der Waals surface area contributed by atoms with E-state index < -0.39 is 0 Å². The highest BCUT2D eigenvalue weighted by Gasteiger charge is 2.20. The molecule has 118 valence electrons. The fraction of sp³-hybridized carbons (Fsp3) is 0.500. The third kappa shape index (κ3) is 4.18. The van der Waals surface area contributed by atoms with Crippen molar-refractivity contribution in [2.24, 2.45) is 0 Å². The summed E-state index contributed by atoms with van der Waals surface area (Å²) in [6.07, 6.45) is 7.32. The van der Waals surface area contributed by atoms with Crippen LogP contribution in [0.3, 0.4) is 0 Å². The molecule has 0 amide bonds. The summed E-state index contributed by atoms with van der Waals surface area (Å²) in [5, 5.41) is 0. The molecule has 0 radical (unpaired) electrons. The highest BCUT2D eigenvalue weighted by molar-refractivity contribution is 5.11. The molecule has 0 aliphatic carbocycles. The van der Waals surface area contributed by atoms with Crippen molar-refractivity contribution in [3.05, 3.63) is 53.7 Å². The largest absolute Gasteiger partial charge is 0.465 e. The summed E-state index contributed by atoms with van der Waals surface area (Å²) in [7, 11) is 0. The van der Waals surface area contributed by atoms with Gasteiger partial charge in [-0.2, -0.15) is 0 Å². The van der Waals surface area contributed by atoms with E-state index in [1.54, 1.807) is 0 Å². The third-order valence-corrected chi connectivity index (χ3v) is 4.09. The number of hydrogen-bond acceptors (Lipinski definition) is 4. The summed E-state index contributed by atoms with van der Waals surface area (Å²) < 4.78 is 11.7. The summed E-state index contributed by atoms with van der Waals surface area (Å²) in [6, 6.07) is 8.31. The van der Waals surface area contributed by atoms with Crippen molar-refractivity contribution in [1.82, 2.24) is 9.88 Å². The summed E-state index contributed by atoms with van der Waals surface area (Å²) in [5.41, 5.74) is 1.27. The van der Waals surface area contributed by atoms with Crippen molar-refractivity contribution in [1.29, 1.82) is 0 Å². The highest BCUT2D eigenvalue weighted by Crippen LogP contribution is 2.18.